The number of carbonyl (C=O) groups excluding carboxylic acids is 1. The molecule has 0 radical (unpaired) electrons. The predicted molar refractivity (Wildman–Crippen MR) is 51.8 cm³/mol. The number of hydrogen-bond donors (Lipinski definition) is 0. The molecule has 0 N–H and O–H groups in total. The van der Waals surface area contributed by atoms with Gasteiger partial charge in [-0.2, -0.15) is 13.2 Å². The highest BCUT2D eigenvalue weighted by Gasteiger charge is 2.35. The highest BCUT2D eigenvalue weighted by Crippen LogP contribution is 2.30. The molecule has 0 unspecified atom stereocenters. The van der Waals surface area contributed by atoms with Crippen LogP contribution in [0.2, 0.25) is 0 Å². The van der Waals surface area contributed by atoms with Gasteiger partial charge >= 0.3 is 12.1 Å². The Bertz CT molecular complexity index is 487. The number of nitrogens with zero attached hydrogens (tertiary/aromatic N) is 2. The van der Waals surface area contributed by atoms with Gasteiger partial charge in [-0.3, -0.25) is 10.1 Å². The van der Waals surface area contributed by atoms with Crippen LogP contribution in [0.15, 0.2) is 12.1 Å². The molecule has 0 amide bonds. The van der Waals surface area contributed by atoms with Crippen molar-refractivity contribution in [1.29, 1.82) is 0 Å². The smallest absolute Gasteiger partial charge is 0.433 e. The Balaban J connectivity index is 3.31. The Morgan fingerprint density at radius 3 is 2.56 bits per heavy atom. The van der Waals surface area contributed by atoms with Gasteiger partial charge in [0, 0.05) is 12.1 Å². The minimum Gasteiger partial charge on any atom is -0.461 e. The van der Waals surface area contributed by atoms with E-state index in [0.29, 0.717) is 6.07 Å². The van der Waals surface area contributed by atoms with Crippen molar-refractivity contribution >= 4 is 11.7 Å². The summed E-state index contributed by atoms with van der Waals surface area (Å²) < 4.78 is 41.7. The Morgan fingerprint density at radius 1 is 1.50 bits per heavy atom. The second-order valence-electron chi connectivity index (χ2n) is 3.07. The Labute approximate surface area is 98.5 Å². The lowest BCUT2D eigenvalue weighted by atomic mass is 10.2. The number of alkyl halides is 3. The number of nitro groups is 1. The Morgan fingerprint density at radius 2 is 2.11 bits per heavy atom. The van der Waals surface area contributed by atoms with Crippen LogP contribution < -0.4 is 0 Å². The van der Waals surface area contributed by atoms with Crippen LogP contribution in [0, 0.1) is 10.1 Å². The van der Waals surface area contributed by atoms with Gasteiger partial charge in [0.1, 0.15) is 0 Å². The molecule has 0 aliphatic heterocycles. The predicted octanol–water partition coefficient (Wildman–Crippen LogP) is 2.19. The van der Waals surface area contributed by atoms with Gasteiger partial charge in [-0.05, 0) is 6.92 Å². The molecule has 0 spiro atoms. The number of esters is 1. The Hall–Kier alpha value is -2.19. The molecule has 98 valence electrons. The van der Waals surface area contributed by atoms with Gasteiger partial charge < -0.3 is 4.74 Å². The van der Waals surface area contributed by atoms with E-state index in [1.165, 1.54) is 6.92 Å². The van der Waals surface area contributed by atoms with Gasteiger partial charge in [0.15, 0.2) is 11.4 Å². The fraction of sp³-hybridized carbons (Fsp3) is 0.333. The molecular formula is C9H7F3N2O4. The van der Waals surface area contributed by atoms with Crippen molar-refractivity contribution in [2.24, 2.45) is 0 Å². The number of pyridine rings is 1. The molecule has 1 aromatic rings. The second kappa shape index (κ2) is 4.98. The van der Waals surface area contributed by atoms with Crippen molar-refractivity contribution in [3.05, 3.63) is 33.6 Å². The number of rotatable bonds is 3. The number of aromatic nitrogens is 1. The highest BCUT2D eigenvalue weighted by atomic mass is 19.4. The summed E-state index contributed by atoms with van der Waals surface area (Å²) >= 11 is 0. The molecule has 9 heteroatoms. The van der Waals surface area contributed by atoms with Crippen LogP contribution in [0.5, 0.6) is 0 Å². The molecule has 0 aliphatic carbocycles. The molecule has 0 saturated heterocycles. The average Bonchev–Trinajstić information content (AvgIpc) is 2.27. The first-order valence-corrected chi connectivity index (χ1v) is 4.66. The van der Waals surface area contributed by atoms with Crippen molar-refractivity contribution in [2.75, 3.05) is 6.61 Å². The van der Waals surface area contributed by atoms with E-state index < -0.39 is 34.1 Å². The molecule has 1 heterocycles. The molecule has 1 aromatic heterocycles. The van der Waals surface area contributed by atoms with Gasteiger partial charge in [0.2, 0.25) is 0 Å². The lowest BCUT2D eigenvalue weighted by molar-refractivity contribution is -0.385. The van der Waals surface area contributed by atoms with Crippen molar-refractivity contribution in [1.82, 2.24) is 4.98 Å². The standard InChI is InChI=1S/C9H7F3N2O4/c1-2-18-8(15)6-3-5(14(16)17)4-7(13-6)9(10,11)12/h3-4H,2H2,1H3. The molecule has 0 fully saturated rings. The van der Waals surface area contributed by atoms with Crippen LogP contribution in [0.1, 0.15) is 23.1 Å². The van der Waals surface area contributed by atoms with Crippen LogP contribution >= 0.6 is 0 Å². The fourth-order valence-electron chi connectivity index (χ4n) is 1.08. The minimum atomic E-state index is -4.88. The van der Waals surface area contributed by atoms with Gasteiger partial charge in [-0.1, -0.05) is 0 Å². The van der Waals surface area contributed by atoms with E-state index in [2.05, 4.69) is 9.72 Å². The van der Waals surface area contributed by atoms with Crippen molar-refractivity contribution in [3.63, 3.8) is 0 Å². The van der Waals surface area contributed by atoms with Gasteiger partial charge in [0.25, 0.3) is 5.69 Å². The molecule has 0 atom stereocenters. The molecule has 0 aliphatic rings. The summed E-state index contributed by atoms with van der Waals surface area (Å²) in [6, 6.07) is 0.885. The number of carbonyl (C=O) groups is 1. The first kappa shape index (κ1) is 13.9. The molecule has 6 nitrogen and oxygen atoms in total. The van der Waals surface area contributed by atoms with Crippen LogP contribution in [-0.4, -0.2) is 22.5 Å². The summed E-state index contributed by atoms with van der Waals surface area (Å²) in [6.07, 6.45) is -4.88. The molecule has 18 heavy (non-hydrogen) atoms. The maximum absolute atomic E-state index is 12.4. The topological polar surface area (TPSA) is 82.3 Å². The second-order valence-corrected chi connectivity index (χ2v) is 3.07. The third-order valence-corrected chi connectivity index (χ3v) is 1.80. The molecule has 0 bridgehead atoms. The van der Waals surface area contributed by atoms with E-state index in [9.17, 15) is 28.1 Å². The lowest BCUT2D eigenvalue weighted by Crippen LogP contribution is -2.14. The van der Waals surface area contributed by atoms with Gasteiger partial charge in [0.05, 0.1) is 11.5 Å². The largest absolute Gasteiger partial charge is 0.461 e. The fourth-order valence-corrected chi connectivity index (χ4v) is 1.08. The highest BCUT2D eigenvalue weighted by molar-refractivity contribution is 5.88. The average molecular weight is 264 g/mol. The summed E-state index contributed by atoms with van der Waals surface area (Å²) in [5.74, 6) is -1.15. The molecule has 1 rings (SSSR count). The van der Waals surface area contributed by atoms with E-state index >= 15 is 0 Å². The van der Waals surface area contributed by atoms with Gasteiger partial charge in [-0.25, -0.2) is 9.78 Å². The zero-order valence-corrected chi connectivity index (χ0v) is 9.02. The van der Waals surface area contributed by atoms with E-state index in [1.54, 1.807) is 0 Å². The number of halogens is 3. The number of hydrogen-bond acceptors (Lipinski definition) is 5. The zero-order chi connectivity index (χ0) is 13.9. The molecule has 0 saturated carbocycles. The minimum absolute atomic E-state index is 0.0788. The molecule has 0 aromatic carbocycles. The van der Waals surface area contributed by atoms with Crippen molar-refractivity contribution < 1.29 is 27.6 Å². The Kier molecular flexibility index (Phi) is 3.84. The van der Waals surface area contributed by atoms with E-state index in [1.807, 2.05) is 0 Å². The third kappa shape index (κ3) is 3.15. The van der Waals surface area contributed by atoms with Crippen LogP contribution in [-0.2, 0) is 10.9 Å². The quantitative estimate of drug-likeness (QED) is 0.474. The summed E-state index contributed by atoms with van der Waals surface area (Å²) in [7, 11) is 0. The third-order valence-electron chi connectivity index (χ3n) is 1.80. The van der Waals surface area contributed by atoms with Gasteiger partial charge in [-0.15, -0.1) is 0 Å². The van der Waals surface area contributed by atoms with E-state index in [0.717, 1.165) is 0 Å². The maximum atomic E-state index is 12.4. The summed E-state index contributed by atoms with van der Waals surface area (Å²) in [4.78, 5) is 23.7. The summed E-state index contributed by atoms with van der Waals surface area (Å²) in [5.41, 5.74) is -3.14. The van der Waals surface area contributed by atoms with Crippen LogP contribution in [0.4, 0.5) is 18.9 Å². The number of ether oxygens (including phenoxy) is 1. The molecular weight excluding hydrogens is 257 g/mol. The first-order chi connectivity index (χ1) is 8.25. The summed E-state index contributed by atoms with van der Waals surface area (Å²) in [6.45, 7) is 1.37. The van der Waals surface area contributed by atoms with Crippen LogP contribution in [0.25, 0.3) is 0 Å². The maximum Gasteiger partial charge on any atom is 0.433 e. The normalized spacial score (nSPS) is 11.1. The van der Waals surface area contributed by atoms with Crippen molar-refractivity contribution in [3.8, 4) is 0 Å². The van der Waals surface area contributed by atoms with Crippen LogP contribution in [0.3, 0.4) is 0 Å². The van der Waals surface area contributed by atoms with E-state index in [4.69, 9.17) is 0 Å². The monoisotopic (exact) mass is 264 g/mol. The lowest BCUT2D eigenvalue weighted by Gasteiger charge is -2.07. The van der Waals surface area contributed by atoms with E-state index in [-0.39, 0.29) is 12.7 Å². The zero-order valence-electron chi connectivity index (χ0n) is 9.02. The van der Waals surface area contributed by atoms with Crippen molar-refractivity contribution in [2.45, 2.75) is 13.1 Å². The SMILES string of the molecule is CCOC(=O)c1cc([N+](=O)[O-])cc(C(F)(F)F)n1. The summed E-state index contributed by atoms with van der Waals surface area (Å²) in [5, 5.41) is 10.5. The first-order valence-electron chi connectivity index (χ1n) is 4.66.